The SMILES string of the molecule is c1sc2nc1C1CC21. The Hall–Kier alpha value is -0.370. The predicted molar refractivity (Wildman–Crippen MR) is 32.2 cm³/mol. The second kappa shape index (κ2) is 0.860. The van der Waals surface area contributed by atoms with Gasteiger partial charge in [0, 0.05) is 17.2 Å². The van der Waals surface area contributed by atoms with Crippen molar-refractivity contribution in [1.82, 2.24) is 4.98 Å². The summed E-state index contributed by atoms with van der Waals surface area (Å²) in [6, 6.07) is 0. The van der Waals surface area contributed by atoms with Crippen molar-refractivity contribution in [2.75, 3.05) is 0 Å². The molecule has 1 fully saturated rings. The normalized spacial score (nSPS) is 37.5. The fourth-order valence-corrected chi connectivity index (χ4v) is 2.50. The van der Waals surface area contributed by atoms with E-state index >= 15 is 0 Å². The third-order valence-corrected chi connectivity index (χ3v) is 3.02. The van der Waals surface area contributed by atoms with Gasteiger partial charge >= 0.3 is 0 Å². The molecule has 0 spiro atoms. The lowest BCUT2D eigenvalue weighted by atomic mass is 10.3. The van der Waals surface area contributed by atoms with Gasteiger partial charge in [0.15, 0.2) is 0 Å². The molecular weight excluding hydrogens is 118 g/mol. The highest BCUT2D eigenvalue weighted by atomic mass is 32.1. The van der Waals surface area contributed by atoms with Crippen LogP contribution in [0.5, 0.6) is 0 Å². The van der Waals surface area contributed by atoms with Crippen LogP contribution in [0.2, 0.25) is 0 Å². The average Bonchev–Trinajstić information content (AvgIpc) is 2.39. The van der Waals surface area contributed by atoms with E-state index < -0.39 is 0 Å². The maximum Gasteiger partial charge on any atom is 0.0966 e. The number of fused-ring (bicyclic) bond motifs is 5. The van der Waals surface area contributed by atoms with E-state index in [9.17, 15) is 0 Å². The number of thiazole rings is 1. The van der Waals surface area contributed by atoms with E-state index in [1.165, 1.54) is 17.1 Å². The Balaban J connectivity index is 2.43. The summed E-state index contributed by atoms with van der Waals surface area (Å²) < 4.78 is 0. The Labute approximate surface area is 51.4 Å². The molecule has 0 aromatic carbocycles. The number of hydrogen-bond acceptors (Lipinski definition) is 2. The first-order chi connectivity index (χ1) is 3.95. The summed E-state index contributed by atoms with van der Waals surface area (Å²) in [5, 5.41) is 3.59. The zero-order valence-corrected chi connectivity index (χ0v) is 5.11. The Morgan fingerprint density at radius 2 is 2.62 bits per heavy atom. The largest absolute Gasteiger partial charge is 0.246 e. The van der Waals surface area contributed by atoms with Gasteiger partial charge in [-0.2, -0.15) is 0 Å². The molecule has 0 N–H and O–H groups in total. The quantitative estimate of drug-likeness (QED) is 0.512. The van der Waals surface area contributed by atoms with Gasteiger partial charge in [0.1, 0.15) is 0 Å². The van der Waals surface area contributed by atoms with Gasteiger partial charge in [0.25, 0.3) is 0 Å². The lowest BCUT2D eigenvalue weighted by Gasteiger charge is -1.82. The summed E-state index contributed by atoms with van der Waals surface area (Å²) in [6.45, 7) is 0. The van der Waals surface area contributed by atoms with Crippen LogP contribution in [-0.4, -0.2) is 4.98 Å². The third-order valence-electron chi connectivity index (χ3n) is 2.03. The molecule has 1 aliphatic heterocycles. The molecule has 2 aliphatic rings. The monoisotopic (exact) mass is 123 g/mol. The van der Waals surface area contributed by atoms with Gasteiger partial charge in [-0.25, -0.2) is 4.98 Å². The van der Waals surface area contributed by atoms with Crippen molar-refractivity contribution in [2.45, 2.75) is 18.3 Å². The highest BCUT2D eigenvalue weighted by Gasteiger charge is 2.48. The number of nitrogens with zero attached hydrogens (tertiary/aromatic N) is 1. The van der Waals surface area contributed by atoms with E-state index in [4.69, 9.17) is 0 Å². The van der Waals surface area contributed by atoms with E-state index in [1.54, 1.807) is 0 Å². The molecule has 2 atom stereocenters. The molecule has 0 amide bonds. The van der Waals surface area contributed by atoms with Crippen LogP contribution in [0.4, 0.5) is 0 Å². The third kappa shape index (κ3) is 0.236. The van der Waals surface area contributed by atoms with Gasteiger partial charge in [-0.3, -0.25) is 0 Å². The zero-order valence-electron chi connectivity index (χ0n) is 4.29. The molecule has 1 aromatic heterocycles. The molecule has 0 saturated heterocycles. The summed E-state index contributed by atoms with van der Waals surface area (Å²) >= 11 is 1.83. The van der Waals surface area contributed by atoms with Crippen molar-refractivity contribution in [1.29, 1.82) is 0 Å². The van der Waals surface area contributed by atoms with Gasteiger partial charge in [-0.05, 0) is 6.42 Å². The molecule has 1 aliphatic carbocycles. The van der Waals surface area contributed by atoms with Gasteiger partial charge in [-0.1, -0.05) is 0 Å². The van der Waals surface area contributed by atoms with Crippen molar-refractivity contribution in [3.63, 3.8) is 0 Å². The van der Waals surface area contributed by atoms with E-state index in [-0.39, 0.29) is 0 Å². The minimum absolute atomic E-state index is 0.881. The predicted octanol–water partition coefficient (Wildman–Crippen LogP) is 1.73. The fourth-order valence-electron chi connectivity index (χ4n) is 1.44. The van der Waals surface area contributed by atoms with Crippen molar-refractivity contribution in [2.24, 2.45) is 0 Å². The van der Waals surface area contributed by atoms with Crippen LogP contribution in [-0.2, 0) is 0 Å². The van der Waals surface area contributed by atoms with Crippen molar-refractivity contribution in [3.05, 3.63) is 16.1 Å². The minimum Gasteiger partial charge on any atom is -0.246 e. The summed E-state index contributed by atoms with van der Waals surface area (Å²) in [6.07, 6.45) is 1.40. The van der Waals surface area contributed by atoms with E-state index in [2.05, 4.69) is 10.4 Å². The van der Waals surface area contributed by atoms with E-state index in [1.807, 2.05) is 11.3 Å². The number of aromatic nitrogens is 1. The molecular formula is C6H5NS. The van der Waals surface area contributed by atoms with Crippen molar-refractivity contribution in [3.8, 4) is 0 Å². The second-order valence-electron chi connectivity index (χ2n) is 2.56. The molecule has 8 heavy (non-hydrogen) atoms. The molecule has 1 saturated carbocycles. The van der Waals surface area contributed by atoms with Crippen LogP contribution in [0, 0.1) is 0 Å². The van der Waals surface area contributed by atoms with Crippen molar-refractivity contribution >= 4 is 11.3 Å². The molecule has 1 nitrogen and oxygen atoms in total. The fraction of sp³-hybridized carbons (Fsp3) is 0.500. The molecule has 40 valence electrons. The second-order valence-corrected chi connectivity index (χ2v) is 3.45. The maximum absolute atomic E-state index is 4.37. The van der Waals surface area contributed by atoms with Crippen LogP contribution in [0.1, 0.15) is 29.0 Å². The first-order valence-corrected chi connectivity index (χ1v) is 3.78. The van der Waals surface area contributed by atoms with Crippen LogP contribution in [0.15, 0.2) is 5.38 Å². The first kappa shape index (κ1) is 3.62. The van der Waals surface area contributed by atoms with Gasteiger partial charge in [0.2, 0.25) is 0 Å². The number of rotatable bonds is 0. The molecule has 3 rings (SSSR count). The topological polar surface area (TPSA) is 12.9 Å². The highest BCUT2D eigenvalue weighted by molar-refractivity contribution is 7.10. The summed E-state index contributed by atoms with van der Waals surface area (Å²) in [7, 11) is 0. The Kier molecular flexibility index (Phi) is 0.389. The summed E-state index contributed by atoms with van der Waals surface area (Å²) in [5.41, 5.74) is 1.37. The molecule has 0 radical (unpaired) electrons. The van der Waals surface area contributed by atoms with E-state index in [0.29, 0.717) is 0 Å². The lowest BCUT2D eigenvalue weighted by Crippen LogP contribution is -1.69. The minimum atomic E-state index is 0.881. The van der Waals surface area contributed by atoms with Gasteiger partial charge < -0.3 is 0 Å². The maximum atomic E-state index is 4.37. The van der Waals surface area contributed by atoms with Crippen molar-refractivity contribution < 1.29 is 0 Å². The van der Waals surface area contributed by atoms with Crippen LogP contribution in [0.3, 0.4) is 0 Å². The summed E-state index contributed by atoms with van der Waals surface area (Å²) in [4.78, 5) is 4.37. The molecule has 2 heterocycles. The Morgan fingerprint density at radius 1 is 1.62 bits per heavy atom. The smallest absolute Gasteiger partial charge is 0.0966 e. The molecule has 2 unspecified atom stereocenters. The standard InChI is InChI=1S/C6H5NS/c1-3-4(1)6-7-5(3)2-8-6/h2-4H,1H2. The summed E-state index contributed by atoms with van der Waals surface area (Å²) in [5.74, 6) is 1.77. The molecule has 2 bridgehead atoms. The zero-order chi connectivity index (χ0) is 5.14. The van der Waals surface area contributed by atoms with Gasteiger partial charge in [0.05, 0.1) is 10.7 Å². The van der Waals surface area contributed by atoms with Crippen LogP contribution >= 0.6 is 11.3 Å². The first-order valence-electron chi connectivity index (χ1n) is 2.90. The van der Waals surface area contributed by atoms with Crippen LogP contribution in [0.25, 0.3) is 0 Å². The number of hydrogen-bond donors (Lipinski definition) is 0. The Bertz CT molecular complexity index is 218. The average molecular weight is 123 g/mol. The molecule has 1 aromatic rings. The lowest BCUT2D eigenvalue weighted by molar-refractivity contribution is 1.10. The van der Waals surface area contributed by atoms with E-state index in [0.717, 1.165) is 11.8 Å². The Morgan fingerprint density at radius 3 is 3.12 bits per heavy atom. The van der Waals surface area contributed by atoms with Crippen LogP contribution < -0.4 is 0 Å². The molecule has 2 heteroatoms. The van der Waals surface area contributed by atoms with Gasteiger partial charge in [-0.15, -0.1) is 11.3 Å². The highest BCUT2D eigenvalue weighted by Crippen LogP contribution is 2.60.